The number of nitrogens with zero attached hydrogens (tertiary/aromatic N) is 3. The molecule has 1 aliphatic heterocycles. The lowest BCUT2D eigenvalue weighted by Crippen LogP contribution is -2.33. The number of benzene rings is 2. The molecule has 0 fully saturated rings. The van der Waals surface area contributed by atoms with Crippen LogP contribution in [0, 0.1) is 11.6 Å². The first kappa shape index (κ1) is 19.1. The van der Waals surface area contributed by atoms with Gasteiger partial charge in [-0.2, -0.15) is 5.10 Å². The van der Waals surface area contributed by atoms with Gasteiger partial charge in [0.2, 0.25) is 5.91 Å². The molecule has 3 aromatic rings. The van der Waals surface area contributed by atoms with Crippen LogP contribution >= 0.6 is 0 Å². The Labute approximate surface area is 168 Å². The minimum Gasteiger partial charge on any atom is -0.381 e. The van der Waals surface area contributed by atoms with E-state index < -0.39 is 11.6 Å². The highest BCUT2D eigenvalue weighted by atomic mass is 19.1. The largest absolute Gasteiger partial charge is 0.381 e. The van der Waals surface area contributed by atoms with Gasteiger partial charge in [-0.1, -0.05) is 0 Å². The SMILES string of the molecule is CC(=O)N1CCCc2cc(NCc3cn(C)nc3-c3cc(F)ccc3F)ccc21. The average molecular weight is 396 g/mol. The molecule has 2 heterocycles. The summed E-state index contributed by atoms with van der Waals surface area (Å²) in [6, 6.07) is 9.30. The van der Waals surface area contributed by atoms with Crippen molar-refractivity contribution in [2.75, 3.05) is 16.8 Å². The van der Waals surface area contributed by atoms with Crippen LogP contribution in [-0.4, -0.2) is 22.2 Å². The lowest BCUT2D eigenvalue weighted by molar-refractivity contribution is -0.116. The summed E-state index contributed by atoms with van der Waals surface area (Å²) in [6.07, 6.45) is 3.64. The van der Waals surface area contributed by atoms with Crippen LogP contribution in [0.4, 0.5) is 20.2 Å². The van der Waals surface area contributed by atoms with Gasteiger partial charge < -0.3 is 10.2 Å². The third kappa shape index (κ3) is 3.85. The zero-order valence-corrected chi connectivity index (χ0v) is 16.4. The van der Waals surface area contributed by atoms with Crippen LogP contribution in [0.1, 0.15) is 24.5 Å². The van der Waals surface area contributed by atoms with E-state index in [-0.39, 0.29) is 11.5 Å². The van der Waals surface area contributed by atoms with Gasteiger partial charge in [0.25, 0.3) is 0 Å². The molecule has 150 valence electrons. The van der Waals surface area contributed by atoms with E-state index in [2.05, 4.69) is 10.4 Å². The first-order valence-corrected chi connectivity index (χ1v) is 9.55. The highest BCUT2D eigenvalue weighted by Crippen LogP contribution is 2.31. The van der Waals surface area contributed by atoms with Crippen molar-refractivity contribution >= 4 is 17.3 Å². The van der Waals surface area contributed by atoms with Crippen LogP contribution in [0.5, 0.6) is 0 Å². The normalized spacial score (nSPS) is 13.3. The van der Waals surface area contributed by atoms with Gasteiger partial charge in [0.1, 0.15) is 17.3 Å². The molecule has 0 radical (unpaired) electrons. The monoisotopic (exact) mass is 396 g/mol. The summed E-state index contributed by atoms with van der Waals surface area (Å²) in [7, 11) is 1.75. The number of fused-ring (bicyclic) bond motifs is 1. The van der Waals surface area contributed by atoms with E-state index in [0.29, 0.717) is 12.2 Å². The van der Waals surface area contributed by atoms with Gasteiger partial charge in [-0.3, -0.25) is 9.48 Å². The molecule has 1 aliphatic rings. The van der Waals surface area contributed by atoms with Crippen molar-refractivity contribution in [2.24, 2.45) is 7.05 Å². The molecule has 1 N–H and O–H groups in total. The third-order valence-electron chi connectivity index (χ3n) is 5.15. The lowest BCUT2D eigenvalue weighted by Gasteiger charge is -2.29. The second-order valence-corrected chi connectivity index (χ2v) is 7.27. The van der Waals surface area contributed by atoms with Crippen LogP contribution in [0.3, 0.4) is 0 Å². The second-order valence-electron chi connectivity index (χ2n) is 7.27. The fourth-order valence-corrected chi connectivity index (χ4v) is 3.80. The van der Waals surface area contributed by atoms with Crippen molar-refractivity contribution in [3.63, 3.8) is 0 Å². The highest BCUT2D eigenvalue weighted by Gasteiger charge is 2.20. The van der Waals surface area contributed by atoms with E-state index in [1.165, 1.54) is 0 Å². The molecule has 5 nitrogen and oxygen atoms in total. The topological polar surface area (TPSA) is 50.2 Å². The van der Waals surface area contributed by atoms with Crippen LogP contribution in [0.15, 0.2) is 42.6 Å². The fraction of sp³-hybridized carbons (Fsp3) is 0.273. The number of aromatic nitrogens is 2. The summed E-state index contributed by atoms with van der Waals surface area (Å²) >= 11 is 0. The second kappa shape index (κ2) is 7.66. The molecule has 0 aliphatic carbocycles. The number of rotatable bonds is 4. The molecule has 1 aromatic heterocycles. The maximum Gasteiger partial charge on any atom is 0.223 e. The van der Waals surface area contributed by atoms with Crippen molar-refractivity contribution < 1.29 is 13.6 Å². The minimum absolute atomic E-state index is 0.0452. The van der Waals surface area contributed by atoms with Crippen LogP contribution < -0.4 is 10.2 Å². The van der Waals surface area contributed by atoms with Gasteiger partial charge >= 0.3 is 0 Å². The Bertz CT molecular complexity index is 1080. The van der Waals surface area contributed by atoms with Gasteiger partial charge in [0, 0.05) is 55.8 Å². The zero-order chi connectivity index (χ0) is 20.5. The molecule has 1 amide bonds. The van der Waals surface area contributed by atoms with Crippen molar-refractivity contribution in [3.05, 3.63) is 65.4 Å². The molecular weight excluding hydrogens is 374 g/mol. The van der Waals surface area contributed by atoms with E-state index in [0.717, 1.165) is 60.1 Å². The van der Waals surface area contributed by atoms with Crippen LogP contribution in [-0.2, 0) is 24.8 Å². The van der Waals surface area contributed by atoms with Crippen LogP contribution in [0.2, 0.25) is 0 Å². The van der Waals surface area contributed by atoms with Gasteiger partial charge in [0.15, 0.2) is 0 Å². The summed E-state index contributed by atoms with van der Waals surface area (Å²) in [5.74, 6) is -0.969. The van der Waals surface area contributed by atoms with E-state index >= 15 is 0 Å². The summed E-state index contributed by atoms with van der Waals surface area (Å²) in [6.45, 7) is 2.73. The Balaban J connectivity index is 1.58. The summed E-state index contributed by atoms with van der Waals surface area (Å²) in [4.78, 5) is 13.6. The number of carbonyl (C=O) groups excluding carboxylic acids is 1. The molecule has 0 saturated heterocycles. The highest BCUT2D eigenvalue weighted by molar-refractivity contribution is 5.93. The van der Waals surface area contributed by atoms with E-state index in [1.54, 1.807) is 29.7 Å². The van der Waals surface area contributed by atoms with E-state index in [9.17, 15) is 13.6 Å². The summed E-state index contributed by atoms with van der Waals surface area (Å²) in [5, 5.41) is 7.66. The molecule has 29 heavy (non-hydrogen) atoms. The number of carbonyl (C=O) groups is 1. The molecule has 0 saturated carbocycles. The van der Waals surface area contributed by atoms with Crippen molar-refractivity contribution in [2.45, 2.75) is 26.3 Å². The van der Waals surface area contributed by atoms with Gasteiger partial charge in [-0.05, 0) is 54.8 Å². The molecule has 0 unspecified atom stereocenters. The van der Waals surface area contributed by atoms with Gasteiger partial charge in [-0.25, -0.2) is 8.78 Å². The molecule has 4 rings (SSSR count). The number of aryl methyl sites for hydroxylation is 2. The molecule has 2 aromatic carbocycles. The maximum absolute atomic E-state index is 14.2. The Kier molecular flexibility index (Phi) is 5.05. The Morgan fingerprint density at radius 2 is 2.03 bits per heavy atom. The number of hydrogen-bond acceptors (Lipinski definition) is 3. The Hall–Kier alpha value is -3.22. The Morgan fingerprint density at radius 3 is 2.83 bits per heavy atom. The maximum atomic E-state index is 14.2. The smallest absolute Gasteiger partial charge is 0.223 e. The summed E-state index contributed by atoms with van der Waals surface area (Å²) in [5.41, 5.74) is 4.31. The quantitative estimate of drug-likeness (QED) is 0.716. The van der Waals surface area contributed by atoms with Crippen molar-refractivity contribution in [3.8, 4) is 11.3 Å². The number of hydrogen-bond donors (Lipinski definition) is 1. The van der Waals surface area contributed by atoms with Gasteiger partial charge in [-0.15, -0.1) is 0 Å². The van der Waals surface area contributed by atoms with Crippen LogP contribution in [0.25, 0.3) is 11.3 Å². The third-order valence-corrected chi connectivity index (χ3v) is 5.15. The minimum atomic E-state index is -0.510. The predicted molar refractivity (Wildman–Crippen MR) is 109 cm³/mol. The predicted octanol–water partition coefficient (Wildman–Crippen LogP) is 4.28. The molecule has 0 atom stereocenters. The zero-order valence-electron chi connectivity index (χ0n) is 16.4. The number of halogens is 2. The molecular formula is C22H22F2N4O. The van der Waals surface area contributed by atoms with Crippen molar-refractivity contribution in [1.29, 1.82) is 0 Å². The number of anilines is 2. The van der Waals surface area contributed by atoms with Gasteiger partial charge in [0.05, 0.1) is 0 Å². The summed E-state index contributed by atoms with van der Waals surface area (Å²) < 4.78 is 29.4. The fourth-order valence-electron chi connectivity index (χ4n) is 3.80. The lowest BCUT2D eigenvalue weighted by atomic mass is 10.0. The first-order valence-electron chi connectivity index (χ1n) is 9.55. The number of amides is 1. The Morgan fingerprint density at radius 1 is 1.21 bits per heavy atom. The standard InChI is InChI=1S/C22H22F2N4O/c1-14(29)28-9-3-4-15-10-18(6-8-21(15)28)25-12-16-13-27(2)26-22(16)19-11-17(23)5-7-20(19)24/h5-8,10-11,13,25H,3-4,9,12H2,1-2H3. The molecule has 0 bridgehead atoms. The molecule has 7 heteroatoms. The van der Waals surface area contributed by atoms with E-state index in [4.69, 9.17) is 0 Å². The van der Waals surface area contributed by atoms with E-state index in [1.807, 2.05) is 18.2 Å². The average Bonchev–Trinajstić information content (AvgIpc) is 3.07. The number of nitrogens with one attached hydrogen (secondary N) is 1. The van der Waals surface area contributed by atoms with Crippen molar-refractivity contribution in [1.82, 2.24) is 9.78 Å². The molecule has 0 spiro atoms. The first-order chi connectivity index (χ1) is 13.9.